The normalized spacial score (nSPS) is 14.6. The van der Waals surface area contributed by atoms with Gasteiger partial charge in [-0.3, -0.25) is 4.79 Å². The lowest BCUT2D eigenvalue weighted by atomic mass is 9.96. The fourth-order valence-electron chi connectivity index (χ4n) is 1.62. The van der Waals surface area contributed by atoms with Crippen LogP contribution in [-0.2, 0) is 4.79 Å². The zero-order valence-corrected chi connectivity index (χ0v) is 14.1. The van der Waals surface area contributed by atoms with Crippen LogP contribution in [0, 0.1) is 0 Å². The van der Waals surface area contributed by atoms with E-state index in [-0.39, 0.29) is 7.21 Å². The molecule has 3 heteroatoms. The summed E-state index contributed by atoms with van der Waals surface area (Å²) in [7, 11) is 1.88. The van der Waals surface area contributed by atoms with E-state index in [1.807, 2.05) is 50.4 Å². The van der Waals surface area contributed by atoms with Crippen LogP contribution in [0.4, 0.5) is 11.4 Å². The molecule has 0 heterocycles. The number of nitrogens with one attached hydrogen (secondary N) is 1. The quantitative estimate of drug-likeness (QED) is 0.718. The highest BCUT2D eigenvalue weighted by atomic mass is 16.1. The molecule has 0 spiro atoms. The number of nitrogens with two attached hydrogens (primary N) is 1. The summed E-state index contributed by atoms with van der Waals surface area (Å²) in [5, 5.41) is 3.00. The Bertz CT molecular complexity index is 531. The summed E-state index contributed by atoms with van der Waals surface area (Å²) in [4.78, 5) is 10.8. The van der Waals surface area contributed by atoms with Gasteiger partial charge >= 0.3 is 0 Å². The molecule has 0 radical (unpaired) electrons. The second-order valence-corrected chi connectivity index (χ2v) is 4.90. The van der Waals surface area contributed by atoms with Crippen molar-refractivity contribution in [3.63, 3.8) is 0 Å². The van der Waals surface area contributed by atoms with Gasteiger partial charge in [0.05, 0.1) is 0 Å². The molecule has 1 aliphatic carbocycles. The third-order valence-electron chi connectivity index (χ3n) is 2.76. The monoisotopic (exact) mass is 302 g/mol. The van der Waals surface area contributed by atoms with Crippen molar-refractivity contribution in [2.45, 2.75) is 33.6 Å². The lowest BCUT2D eigenvalue weighted by Crippen LogP contribution is -2.01. The van der Waals surface area contributed by atoms with Gasteiger partial charge in [0.25, 0.3) is 0 Å². The molecular weight excluding hydrogens is 272 g/mol. The Morgan fingerprint density at radius 2 is 1.82 bits per heavy atom. The topological polar surface area (TPSA) is 55.1 Å². The van der Waals surface area contributed by atoms with Crippen molar-refractivity contribution < 1.29 is 6.22 Å². The SMILES string of the molecule is C=C1CC(=O)C=C/C1=C/C.CCC.CNc1ccc(N)cc1.[HH]. The van der Waals surface area contributed by atoms with Crippen molar-refractivity contribution in [3.8, 4) is 0 Å². The minimum Gasteiger partial charge on any atom is -0.399 e. The van der Waals surface area contributed by atoms with Crippen molar-refractivity contribution in [2.24, 2.45) is 0 Å². The highest BCUT2D eigenvalue weighted by molar-refractivity contribution is 5.94. The lowest BCUT2D eigenvalue weighted by Gasteiger charge is -2.08. The van der Waals surface area contributed by atoms with Crippen LogP contribution in [0.1, 0.15) is 35.0 Å². The minimum absolute atomic E-state index is 0. The van der Waals surface area contributed by atoms with Crippen molar-refractivity contribution in [1.29, 1.82) is 0 Å². The maximum absolute atomic E-state index is 10.8. The van der Waals surface area contributed by atoms with Crippen LogP contribution in [-0.4, -0.2) is 12.8 Å². The average Bonchev–Trinajstić information content (AvgIpc) is 2.50. The number of anilines is 2. The van der Waals surface area contributed by atoms with Crippen molar-refractivity contribution >= 4 is 17.2 Å². The summed E-state index contributed by atoms with van der Waals surface area (Å²) in [6.45, 7) is 9.97. The van der Waals surface area contributed by atoms with Crippen molar-refractivity contribution in [2.75, 3.05) is 18.1 Å². The van der Waals surface area contributed by atoms with Gasteiger partial charge in [-0.1, -0.05) is 39.0 Å². The predicted molar refractivity (Wildman–Crippen MR) is 100 cm³/mol. The molecule has 0 atom stereocenters. The van der Waals surface area contributed by atoms with Crippen LogP contribution in [0.15, 0.2) is 60.2 Å². The molecule has 122 valence electrons. The number of carbonyl (C=O) groups excluding carboxylic acids is 1. The third kappa shape index (κ3) is 8.10. The van der Waals surface area contributed by atoms with Crippen LogP contribution in [0.3, 0.4) is 0 Å². The van der Waals surface area contributed by atoms with E-state index in [2.05, 4.69) is 25.7 Å². The molecule has 0 aromatic heterocycles. The summed E-state index contributed by atoms with van der Waals surface area (Å²) in [6, 6.07) is 7.61. The molecule has 0 saturated heterocycles. The van der Waals surface area contributed by atoms with Gasteiger partial charge in [0.15, 0.2) is 5.78 Å². The number of nitrogen functional groups attached to an aromatic ring is 1. The fourth-order valence-corrected chi connectivity index (χ4v) is 1.62. The second kappa shape index (κ2) is 11.4. The van der Waals surface area contributed by atoms with Gasteiger partial charge < -0.3 is 11.1 Å². The molecule has 3 nitrogen and oxygen atoms in total. The second-order valence-electron chi connectivity index (χ2n) is 4.90. The van der Waals surface area contributed by atoms with Crippen LogP contribution < -0.4 is 11.1 Å². The van der Waals surface area contributed by atoms with E-state index < -0.39 is 0 Å². The molecule has 0 aliphatic heterocycles. The fraction of sp³-hybridized carbons (Fsp3) is 0.316. The smallest absolute Gasteiger partial charge is 0.160 e. The number of carbonyl (C=O) groups is 1. The maximum Gasteiger partial charge on any atom is 0.160 e. The Kier molecular flexibility index (Phi) is 10.2. The molecule has 1 aromatic carbocycles. The molecule has 1 aromatic rings. The molecule has 1 aliphatic rings. The summed E-state index contributed by atoms with van der Waals surface area (Å²) in [5.41, 5.74) is 9.35. The summed E-state index contributed by atoms with van der Waals surface area (Å²) >= 11 is 0. The van der Waals surface area contributed by atoms with Crippen LogP contribution in [0.2, 0.25) is 0 Å². The first-order valence-electron chi connectivity index (χ1n) is 7.57. The van der Waals surface area contributed by atoms with E-state index in [9.17, 15) is 4.79 Å². The molecule has 0 fully saturated rings. The summed E-state index contributed by atoms with van der Waals surface area (Å²) in [6.07, 6.45) is 7.11. The van der Waals surface area contributed by atoms with Crippen LogP contribution in [0.5, 0.6) is 0 Å². The van der Waals surface area contributed by atoms with Gasteiger partial charge in [-0.05, 0) is 48.4 Å². The highest BCUT2D eigenvalue weighted by Gasteiger charge is 2.08. The van der Waals surface area contributed by atoms with E-state index >= 15 is 0 Å². The average molecular weight is 302 g/mol. The molecule has 22 heavy (non-hydrogen) atoms. The number of benzene rings is 1. The van der Waals surface area contributed by atoms with Gasteiger partial charge in [-0.2, -0.15) is 0 Å². The number of rotatable bonds is 1. The number of hydrogen-bond acceptors (Lipinski definition) is 3. The molecule has 2 rings (SSSR count). The lowest BCUT2D eigenvalue weighted by molar-refractivity contribution is -0.114. The number of allylic oxidation sites excluding steroid dienone is 5. The van der Waals surface area contributed by atoms with Gasteiger partial charge in [-0.15, -0.1) is 0 Å². The Morgan fingerprint density at radius 1 is 1.27 bits per heavy atom. The minimum atomic E-state index is 0. The number of hydrogen-bond donors (Lipinski definition) is 2. The first kappa shape index (κ1) is 19.7. The van der Waals surface area contributed by atoms with Crippen molar-refractivity contribution in [1.82, 2.24) is 0 Å². The predicted octanol–water partition coefficient (Wildman–Crippen LogP) is 4.99. The first-order valence-corrected chi connectivity index (χ1v) is 7.57. The molecule has 0 unspecified atom stereocenters. The van der Waals surface area contributed by atoms with Gasteiger partial charge in [0, 0.05) is 26.3 Å². The van der Waals surface area contributed by atoms with Crippen LogP contribution >= 0.6 is 0 Å². The Balaban J connectivity index is 0. The molecule has 0 amide bonds. The largest absolute Gasteiger partial charge is 0.399 e. The van der Waals surface area contributed by atoms with Gasteiger partial charge in [0.2, 0.25) is 0 Å². The summed E-state index contributed by atoms with van der Waals surface area (Å²) in [5.74, 6) is 0.149. The van der Waals surface area contributed by atoms with Crippen LogP contribution in [0.25, 0.3) is 0 Å². The first-order chi connectivity index (χ1) is 10.5. The number of ketones is 1. The van der Waals surface area contributed by atoms with Crippen molar-refractivity contribution in [3.05, 3.63) is 60.2 Å². The van der Waals surface area contributed by atoms with Gasteiger partial charge in [-0.25, -0.2) is 0 Å². The zero-order valence-electron chi connectivity index (χ0n) is 14.1. The van der Waals surface area contributed by atoms with E-state index in [4.69, 9.17) is 5.73 Å². The highest BCUT2D eigenvalue weighted by Crippen LogP contribution is 2.18. The Labute approximate surface area is 136 Å². The van der Waals surface area contributed by atoms with E-state index in [1.54, 1.807) is 6.08 Å². The van der Waals surface area contributed by atoms with E-state index in [0.717, 1.165) is 22.5 Å². The van der Waals surface area contributed by atoms with E-state index in [0.29, 0.717) is 6.42 Å². The standard InChI is InChI=1S/C9H10O.C7H10N2.C3H8.H2/c1-3-8-4-5-9(10)6-7(8)2;1-9-7-4-2-6(8)3-5-7;1-3-2;/h3-5H,2,6H2,1H3;2-5,9H,8H2,1H3;3H2,1-2H3;1H/b8-3-;;;. The summed E-state index contributed by atoms with van der Waals surface area (Å²) < 4.78 is 0. The Morgan fingerprint density at radius 3 is 2.23 bits per heavy atom. The molecule has 3 N–H and O–H groups in total. The molecule has 0 saturated carbocycles. The molecule has 0 bridgehead atoms. The molecular formula is C19H30N2O. The zero-order chi connectivity index (χ0) is 17.0. The Hall–Kier alpha value is -2.29. The van der Waals surface area contributed by atoms with E-state index in [1.165, 1.54) is 6.42 Å². The third-order valence-corrected chi connectivity index (χ3v) is 2.76. The maximum atomic E-state index is 10.8. The van der Waals surface area contributed by atoms with Gasteiger partial charge in [0.1, 0.15) is 0 Å².